The van der Waals surface area contributed by atoms with Crippen LogP contribution in [0.25, 0.3) is 0 Å². The summed E-state index contributed by atoms with van der Waals surface area (Å²) < 4.78 is 17.8. The molecule has 0 saturated carbocycles. The fourth-order valence-electron chi connectivity index (χ4n) is 1.60. The lowest BCUT2D eigenvalue weighted by atomic mass is 10.0. The van der Waals surface area contributed by atoms with Gasteiger partial charge < -0.3 is 10.1 Å². The fourth-order valence-corrected chi connectivity index (χ4v) is 1.60. The molecule has 1 aromatic rings. The summed E-state index contributed by atoms with van der Waals surface area (Å²) >= 11 is 0. The Morgan fingerprint density at radius 3 is 2.88 bits per heavy atom. The minimum atomic E-state index is -0.303. The van der Waals surface area contributed by atoms with Crippen LogP contribution in [0.4, 0.5) is 4.39 Å². The molecule has 0 heterocycles. The molecule has 94 valence electrons. The van der Waals surface area contributed by atoms with Gasteiger partial charge in [-0.2, -0.15) is 0 Å². The van der Waals surface area contributed by atoms with Gasteiger partial charge in [-0.15, -0.1) is 0 Å². The summed E-state index contributed by atoms with van der Waals surface area (Å²) in [5, 5.41) is 3.21. The molecule has 0 aliphatic carbocycles. The largest absolute Gasteiger partial charge is 0.469 e. The van der Waals surface area contributed by atoms with Crippen LogP contribution in [0.5, 0.6) is 0 Å². The van der Waals surface area contributed by atoms with Crippen LogP contribution in [0.3, 0.4) is 0 Å². The summed E-state index contributed by atoms with van der Waals surface area (Å²) in [5.74, 6) is -0.599. The molecule has 0 radical (unpaired) electrons. The Kier molecular flexibility index (Phi) is 5.63. The third-order valence-corrected chi connectivity index (χ3v) is 2.49. The first-order chi connectivity index (χ1) is 8.17. The number of methoxy groups -OCH3 is 1. The molecule has 0 amide bonds. The Hall–Kier alpha value is -1.42. The number of halogens is 1. The molecule has 1 rings (SSSR count). The van der Waals surface area contributed by atoms with E-state index in [9.17, 15) is 9.18 Å². The molecule has 0 bridgehead atoms. The first-order valence-corrected chi connectivity index (χ1v) is 5.73. The van der Waals surface area contributed by atoms with Crippen LogP contribution in [-0.2, 0) is 9.53 Å². The van der Waals surface area contributed by atoms with Crippen molar-refractivity contribution < 1.29 is 13.9 Å². The predicted molar refractivity (Wildman–Crippen MR) is 64.1 cm³/mol. The van der Waals surface area contributed by atoms with Gasteiger partial charge in [0.05, 0.1) is 13.5 Å². The lowest BCUT2D eigenvalue weighted by Crippen LogP contribution is -2.25. The maximum absolute atomic E-state index is 13.1. The van der Waals surface area contributed by atoms with Gasteiger partial charge in [-0.05, 0) is 30.7 Å². The van der Waals surface area contributed by atoms with Crippen LogP contribution in [0.2, 0.25) is 0 Å². The summed E-state index contributed by atoms with van der Waals surface area (Å²) in [6.45, 7) is 2.81. The summed E-state index contributed by atoms with van der Waals surface area (Å²) in [6.07, 6.45) is 1.16. The molecule has 0 spiro atoms. The Morgan fingerprint density at radius 1 is 1.53 bits per heavy atom. The van der Waals surface area contributed by atoms with E-state index in [1.54, 1.807) is 12.1 Å². The highest BCUT2D eigenvalue weighted by Crippen LogP contribution is 2.18. The van der Waals surface area contributed by atoms with E-state index < -0.39 is 0 Å². The van der Waals surface area contributed by atoms with Crippen LogP contribution in [-0.4, -0.2) is 19.6 Å². The number of esters is 1. The Morgan fingerprint density at radius 2 is 2.29 bits per heavy atom. The second kappa shape index (κ2) is 7.01. The Labute approximate surface area is 101 Å². The quantitative estimate of drug-likeness (QED) is 0.775. The number of ether oxygens (including phenoxy) is 1. The zero-order valence-electron chi connectivity index (χ0n) is 10.2. The van der Waals surface area contributed by atoms with Crippen molar-refractivity contribution in [3.05, 3.63) is 35.6 Å². The molecule has 0 aromatic heterocycles. The van der Waals surface area contributed by atoms with Crippen molar-refractivity contribution in [2.75, 3.05) is 13.7 Å². The van der Waals surface area contributed by atoms with Crippen LogP contribution in [0.1, 0.15) is 31.4 Å². The van der Waals surface area contributed by atoms with Gasteiger partial charge in [-0.3, -0.25) is 4.79 Å². The third kappa shape index (κ3) is 4.53. The molecule has 0 aliphatic rings. The maximum atomic E-state index is 13.1. The van der Waals surface area contributed by atoms with Gasteiger partial charge in [0.1, 0.15) is 5.82 Å². The van der Waals surface area contributed by atoms with E-state index >= 15 is 0 Å². The number of carbonyl (C=O) groups excluding carboxylic acids is 1. The highest BCUT2D eigenvalue weighted by Gasteiger charge is 2.15. The monoisotopic (exact) mass is 239 g/mol. The topological polar surface area (TPSA) is 38.3 Å². The lowest BCUT2D eigenvalue weighted by Gasteiger charge is -2.17. The second-order valence-corrected chi connectivity index (χ2v) is 3.84. The zero-order chi connectivity index (χ0) is 12.7. The van der Waals surface area contributed by atoms with Crippen molar-refractivity contribution in [3.63, 3.8) is 0 Å². The minimum Gasteiger partial charge on any atom is -0.469 e. The molecule has 0 fully saturated rings. The van der Waals surface area contributed by atoms with Crippen molar-refractivity contribution >= 4 is 5.97 Å². The van der Waals surface area contributed by atoms with Crippen LogP contribution in [0, 0.1) is 5.82 Å². The highest BCUT2D eigenvalue weighted by atomic mass is 19.1. The second-order valence-electron chi connectivity index (χ2n) is 3.84. The molecule has 17 heavy (non-hydrogen) atoms. The van der Waals surface area contributed by atoms with E-state index in [4.69, 9.17) is 0 Å². The molecule has 4 heteroatoms. The molecular formula is C13H18FNO2. The highest BCUT2D eigenvalue weighted by molar-refractivity contribution is 5.70. The van der Waals surface area contributed by atoms with Gasteiger partial charge in [0.2, 0.25) is 0 Å². The smallest absolute Gasteiger partial charge is 0.307 e. The Balaban J connectivity index is 2.77. The first-order valence-electron chi connectivity index (χ1n) is 5.73. The van der Waals surface area contributed by atoms with Crippen molar-refractivity contribution in [2.24, 2.45) is 0 Å². The van der Waals surface area contributed by atoms with E-state index in [0.29, 0.717) is 0 Å². The number of benzene rings is 1. The van der Waals surface area contributed by atoms with Crippen molar-refractivity contribution in [2.45, 2.75) is 25.8 Å². The average molecular weight is 239 g/mol. The number of hydrogen-bond acceptors (Lipinski definition) is 3. The third-order valence-electron chi connectivity index (χ3n) is 2.49. The number of rotatable bonds is 6. The summed E-state index contributed by atoms with van der Waals surface area (Å²) in [4.78, 5) is 11.3. The van der Waals surface area contributed by atoms with E-state index in [0.717, 1.165) is 18.5 Å². The van der Waals surface area contributed by atoms with Gasteiger partial charge in [0.25, 0.3) is 0 Å². The molecule has 0 saturated heterocycles. The Bertz CT molecular complexity index is 368. The van der Waals surface area contributed by atoms with Gasteiger partial charge in [0, 0.05) is 6.04 Å². The standard InChI is InChI=1S/C13H18FNO2/c1-3-7-15-12(9-13(16)17-2)10-5-4-6-11(14)8-10/h4-6,8,12,15H,3,7,9H2,1-2H3. The molecule has 3 nitrogen and oxygen atoms in total. The van der Waals surface area contributed by atoms with Crippen molar-refractivity contribution in [1.29, 1.82) is 0 Å². The molecule has 1 N–H and O–H groups in total. The average Bonchev–Trinajstić information content (AvgIpc) is 2.34. The van der Waals surface area contributed by atoms with E-state index in [-0.39, 0.29) is 24.2 Å². The SMILES string of the molecule is CCCNC(CC(=O)OC)c1cccc(F)c1. The number of hydrogen-bond donors (Lipinski definition) is 1. The number of carbonyl (C=O) groups is 1. The van der Waals surface area contributed by atoms with Gasteiger partial charge in [-0.1, -0.05) is 19.1 Å². The lowest BCUT2D eigenvalue weighted by molar-refractivity contribution is -0.141. The zero-order valence-corrected chi connectivity index (χ0v) is 10.2. The van der Waals surface area contributed by atoms with E-state index in [1.807, 2.05) is 6.92 Å². The van der Waals surface area contributed by atoms with Crippen LogP contribution < -0.4 is 5.32 Å². The molecule has 1 aromatic carbocycles. The van der Waals surface area contributed by atoms with Crippen LogP contribution in [0.15, 0.2) is 24.3 Å². The predicted octanol–water partition coefficient (Wildman–Crippen LogP) is 2.43. The van der Waals surface area contributed by atoms with Gasteiger partial charge in [0.15, 0.2) is 0 Å². The summed E-state index contributed by atoms with van der Waals surface area (Å²) in [7, 11) is 1.35. The van der Waals surface area contributed by atoms with Crippen molar-refractivity contribution in [3.8, 4) is 0 Å². The maximum Gasteiger partial charge on any atom is 0.307 e. The molecular weight excluding hydrogens is 221 g/mol. The van der Waals surface area contributed by atoms with Gasteiger partial charge in [-0.25, -0.2) is 4.39 Å². The molecule has 0 aliphatic heterocycles. The van der Waals surface area contributed by atoms with Gasteiger partial charge >= 0.3 is 5.97 Å². The summed E-state index contributed by atoms with van der Waals surface area (Å²) in [6, 6.07) is 6.08. The van der Waals surface area contributed by atoms with Crippen molar-refractivity contribution in [1.82, 2.24) is 5.32 Å². The summed E-state index contributed by atoms with van der Waals surface area (Å²) in [5.41, 5.74) is 0.767. The normalized spacial score (nSPS) is 12.2. The fraction of sp³-hybridized carbons (Fsp3) is 0.462. The van der Waals surface area contributed by atoms with E-state index in [2.05, 4.69) is 10.1 Å². The van der Waals surface area contributed by atoms with Crippen LogP contribution >= 0.6 is 0 Å². The van der Waals surface area contributed by atoms with E-state index in [1.165, 1.54) is 19.2 Å². The first kappa shape index (κ1) is 13.6. The number of nitrogens with one attached hydrogen (secondary N) is 1. The molecule has 1 atom stereocenters. The molecule has 1 unspecified atom stereocenters. The minimum absolute atomic E-state index is 0.196.